The summed E-state index contributed by atoms with van der Waals surface area (Å²) in [5.74, 6) is 1.17. The molecular formula is C10H16N4O. The molecule has 0 atom stereocenters. The van der Waals surface area contributed by atoms with Crippen molar-refractivity contribution in [3.8, 4) is 0 Å². The van der Waals surface area contributed by atoms with E-state index >= 15 is 0 Å². The predicted molar refractivity (Wildman–Crippen MR) is 58.3 cm³/mol. The van der Waals surface area contributed by atoms with E-state index in [-0.39, 0.29) is 12.0 Å². The Morgan fingerprint density at radius 3 is 2.73 bits per heavy atom. The number of anilines is 2. The molecule has 1 heterocycles. The monoisotopic (exact) mass is 208 g/mol. The third-order valence-corrected chi connectivity index (χ3v) is 2.92. The van der Waals surface area contributed by atoms with Gasteiger partial charge in [0, 0.05) is 13.2 Å². The highest BCUT2D eigenvalue weighted by molar-refractivity contribution is 5.36. The van der Waals surface area contributed by atoms with Crippen molar-refractivity contribution in [2.75, 3.05) is 24.2 Å². The zero-order valence-electron chi connectivity index (χ0n) is 8.61. The van der Waals surface area contributed by atoms with Crippen LogP contribution in [0.1, 0.15) is 19.3 Å². The van der Waals surface area contributed by atoms with Gasteiger partial charge in [-0.1, -0.05) is 0 Å². The van der Waals surface area contributed by atoms with Crippen LogP contribution in [-0.4, -0.2) is 28.2 Å². The average molecular weight is 208 g/mol. The van der Waals surface area contributed by atoms with Crippen LogP contribution in [0, 0.1) is 5.41 Å². The van der Waals surface area contributed by atoms with E-state index < -0.39 is 0 Å². The van der Waals surface area contributed by atoms with E-state index in [9.17, 15) is 0 Å². The summed E-state index contributed by atoms with van der Waals surface area (Å²) in [5, 5.41) is 12.1. The molecule has 1 aliphatic carbocycles. The lowest BCUT2D eigenvalue weighted by molar-refractivity contribution is 0.253. The number of nitrogens with one attached hydrogen (secondary N) is 1. The number of aliphatic hydroxyl groups excluding tert-OH is 1. The van der Waals surface area contributed by atoms with Gasteiger partial charge in [-0.2, -0.15) is 0 Å². The van der Waals surface area contributed by atoms with Crippen LogP contribution in [0.2, 0.25) is 0 Å². The topological polar surface area (TPSA) is 84.1 Å². The first-order valence-electron chi connectivity index (χ1n) is 5.16. The highest BCUT2D eigenvalue weighted by atomic mass is 16.3. The number of aliphatic hydroxyl groups is 1. The van der Waals surface area contributed by atoms with Crippen LogP contribution in [0.3, 0.4) is 0 Å². The van der Waals surface area contributed by atoms with E-state index in [1.54, 1.807) is 6.20 Å². The highest BCUT2D eigenvalue weighted by Gasteiger charge is 2.41. The Kier molecular flexibility index (Phi) is 2.73. The van der Waals surface area contributed by atoms with E-state index in [0.29, 0.717) is 5.82 Å². The molecule has 0 unspecified atom stereocenters. The zero-order chi connectivity index (χ0) is 10.7. The third kappa shape index (κ3) is 2.56. The zero-order valence-corrected chi connectivity index (χ0v) is 8.61. The van der Waals surface area contributed by atoms with Crippen molar-refractivity contribution in [2.45, 2.75) is 19.3 Å². The molecule has 5 nitrogen and oxygen atoms in total. The minimum atomic E-state index is 0.259. The number of rotatable bonds is 5. The Hall–Kier alpha value is -1.36. The van der Waals surface area contributed by atoms with E-state index in [2.05, 4.69) is 15.3 Å². The van der Waals surface area contributed by atoms with Gasteiger partial charge in [0.25, 0.3) is 0 Å². The standard InChI is InChI=1S/C10H16N4O/c11-8-5-13-9(6-12-8)14-7-10(1-2-10)3-4-15/h5-6,15H,1-4,7H2,(H2,11,12)(H,13,14). The van der Waals surface area contributed by atoms with Gasteiger partial charge in [-0.25, -0.2) is 9.97 Å². The van der Waals surface area contributed by atoms with Crippen LogP contribution in [-0.2, 0) is 0 Å². The summed E-state index contributed by atoms with van der Waals surface area (Å²) in [4.78, 5) is 8.06. The second kappa shape index (κ2) is 4.02. The molecule has 1 saturated carbocycles. The SMILES string of the molecule is Nc1cnc(NCC2(CCO)CC2)cn1. The predicted octanol–water partition coefficient (Wildman–Crippen LogP) is 0.633. The lowest BCUT2D eigenvalue weighted by Crippen LogP contribution is -2.17. The molecule has 15 heavy (non-hydrogen) atoms. The van der Waals surface area contributed by atoms with Crippen molar-refractivity contribution in [2.24, 2.45) is 5.41 Å². The Labute approximate surface area is 88.7 Å². The molecular weight excluding hydrogens is 192 g/mol. The first kappa shape index (κ1) is 10.2. The summed E-state index contributed by atoms with van der Waals surface area (Å²) in [6.07, 6.45) is 6.40. The average Bonchev–Trinajstić information content (AvgIpc) is 2.99. The minimum Gasteiger partial charge on any atom is -0.396 e. The molecule has 1 fully saturated rings. The van der Waals surface area contributed by atoms with Crippen molar-refractivity contribution >= 4 is 11.6 Å². The van der Waals surface area contributed by atoms with Gasteiger partial charge in [-0.05, 0) is 24.7 Å². The van der Waals surface area contributed by atoms with Crippen molar-refractivity contribution in [1.29, 1.82) is 0 Å². The molecule has 0 aliphatic heterocycles. The molecule has 0 aromatic carbocycles. The summed E-state index contributed by atoms with van der Waals surface area (Å²) in [7, 11) is 0. The molecule has 0 spiro atoms. The summed E-state index contributed by atoms with van der Waals surface area (Å²) >= 11 is 0. The number of hydrogen-bond donors (Lipinski definition) is 3. The molecule has 82 valence electrons. The van der Waals surface area contributed by atoms with Gasteiger partial charge in [-0.15, -0.1) is 0 Å². The van der Waals surface area contributed by atoms with Crippen molar-refractivity contribution in [3.63, 3.8) is 0 Å². The number of hydrogen-bond acceptors (Lipinski definition) is 5. The van der Waals surface area contributed by atoms with Crippen LogP contribution in [0.15, 0.2) is 12.4 Å². The quantitative estimate of drug-likeness (QED) is 0.661. The van der Waals surface area contributed by atoms with E-state index in [1.165, 1.54) is 19.0 Å². The van der Waals surface area contributed by atoms with E-state index in [1.807, 2.05) is 0 Å². The molecule has 0 radical (unpaired) electrons. The molecule has 1 aliphatic rings. The Morgan fingerprint density at radius 1 is 1.40 bits per heavy atom. The summed E-state index contributed by atoms with van der Waals surface area (Å²) in [6.45, 7) is 1.11. The lowest BCUT2D eigenvalue weighted by atomic mass is 10.0. The fourth-order valence-electron chi connectivity index (χ4n) is 1.64. The Balaban J connectivity index is 1.85. The van der Waals surface area contributed by atoms with Crippen molar-refractivity contribution in [3.05, 3.63) is 12.4 Å². The minimum absolute atomic E-state index is 0.259. The number of nitrogen functional groups attached to an aromatic ring is 1. The van der Waals surface area contributed by atoms with Gasteiger partial charge in [0.05, 0.1) is 12.4 Å². The number of aromatic nitrogens is 2. The van der Waals surface area contributed by atoms with Gasteiger partial charge in [0.2, 0.25) is 0 Å². The van der Waals surface area contributed by atoms with Gasteiger partial charge in [0.15, 0.2) is 0 Å². The van der Waals surface area contributed by atoms with Gasteiger partial charge < -0.3 is 16.2 Å². The second-order valence-corrected chi connectivity index (χ2v) is 4.15. The lowest BCUT2D eigenvalue weighted by Gasteiger charge is -2.14. The fourth-order valence-corrected chi connectivity index (χ4v) is 1.64. The normalized spacial score (nSPS) is 17.4. The molecule has 0 saturated heterocycles. The number of nitrogens with two attached hydrogens (primary N) is 1. The maximum atomic E-state index is 8.90. The Morgan fingerprint density at radius 2 is 2.20 bits per heavy atom. The van der Waals surface area contributed by atoms with Gasteiger partial charge >= 0.3 is 0 Å². The smallest absolute Gasteiger partial charge is 0.144 e. The summed E-state index contributed by atoms with van der Waals surface area (Å²) in [6, 6.07) is 0. The summed E-state index contributed by atoms with van der Waals surface area (Å²) in [5.41, 5.74) is 5.72. The van der Waals surface area contributed by atoms with Crippen LogP contribution in [0.5, 0.6) is 0 Å². The molecule has 4 N–H and O–H groups in total. The van der Waals surface area contributed by atoms with Crippen molar-refractivity contribution < 1.29 is 5.11 Å². The van der Waals surface area contributed by atoms with Crippen LogP contribution < -0.4 is 11.1 Å². The second-order valence-electron chi connectivity index (χ2n) is 4.15. The molecule has 1 aromatic heterocycles. The first-order chi connectivity index (χ1) is 7.24. The molecule has 5 heteroatoms. The molecule has 2 rings (SSSR count). The molecule has 0 bridgehead atoms. The van der Waals surface area contributed by atoms with E-state index in [0.717, 1.165) is 18.8 Å². The van der Waals surface area contributed by atoms with Crippen molar-refractivity contribution in [1.82, 2.24) is 9.97 Å². The van der Waals surface area contributed by atoms with Gasteiger partial charge in [-0.3, -0.25) is 0 Å². The third-order valence-electron chi connectivity index (χ3n) is 2.92. The Bertz CT molecular complexity index is 321. The largest absolute Gasteiger partial charge is 0.396 e. The van der Waals surface area contributed by atoms with Crippen LogP contribution >= 0.6 is 0 Å². The van der Waals surface area contributed by atoms with Gasteiger partial charge in [0.1, 0.15) is 11.6 Å². The fraction of sp³-hybridized carbons (Fsp3) is 0.600. The maximum Gasteiger partial charge on any atom is 0.144 e. The molecule has 0 amide bonds. The number of nitrogens with zero attached hydrogens (tertiary/aromatic N) is 2. The summed E-state index contributed by atoms with van der Waals surface area (Å²) < 4.78 is 0. The van der Waals surface area contributed by atoms with Crippen LogP contribution in [0.25, 0.3) is 0 Å². The maximum absolute atomic E-state index is 8.90. The van der Waals surface area contributed by atoms with Crippen LogP contribution in [0.4, 0.5) is 11.6 Å². The highest BCUT2D eigenvalue weighted by Crippen LogP contribution is 2.48. The van der Waals surface area contributed by atoms with E-state index in [4.69, 9.17) is 10.8 Å². The first-order valence-corrected chi connectivity index (χ1v) is 5.16. The molecule has 1 aromatic rings.